The number of carbonyl (C=O) groups is 3. The van der Waals surface area contributed by atoms with Gasteiger partial charge in [0, 0.05) is 20.1 Å². The number of alkyl halides is 3. The van der Waals surface area contributed by atoms with E-state index in [4.69, 9.17) is 0 Å². The first kappa shape index (κ1) is 21.2. The quantitative estimate of drug-likeness (QED) is 0.738. The summed E-state index contributed by atoms with van der Waals surface area (Å²) in [5.74, 6) is -1.45. The first-order valence-corrected chi connectivity index (χ1v) is 8.16. The van der Waals surface area contributed by atoms with E-state index in [1.54, 1.807) is 0 Å². The summed E-state index contributed by atoms with van der Waals surface area (Å²) in [6.45, 7) is -2.68. The Kier molecular flexibility index (Phi) is 8.14. The SMILES string of the molecule is CN(C)C(=O)CN(CC(=O)NC(=O)NC1CCCCC1)CC(F)(F)F. The van der Waals surface area contributed by atoms with Crippen LogP contribution in [0.25, 0.3) is 0 Å². The highest BCUT2D eigenvalue weighted by molar-refractivity contribution is 5.95. The Labute approximate surface area is 144 Å². The molecule has 4 amide bonds. The van der Waals surface area contributed by atoms with Crippen molar-refractivity contribution in [3.63, 3.8) is 0 Å². The summed E-state index contributed by atoms with van der Waals surface area (Å²) in [5, 5.41) is 4.67. The Hall–Kier alpha value is -1.84. The largest absolute Gasteiger partial charge is 0.401 e. The molecule has 1 saturated carbocycles. The standard InChI is InChI=1S/C15H25F3N4O3/c1-21(2)13(24)9-22(10-15(16,17)18)8-12(23)20-14(25)19-11-6-4-3-5-7-11/h11H,3-10H2,1-2H3,(H2,19,20,23,25). The Bertz CT molecular complexity index is 477. The zero-order valence-corrected chi connectivity index (χ0v) is 14.5. The second-order valence-corrected chi connectivity index (χ2v) is 6.41. The summed E-state index contributed by atoms with van der Waals surface area (Å²) in [4.78, 5) is 37.0. The van der Waals surface area contributed by atoms with Gasteiger partial charge < -0.3 is 10.2 Å². The summed E-state index contributed by atoms with van der Waals surface area (Å²) in [5.41, 5.74) is 0. The fourth-order valence-corrected chi connectivity index (χ4v) is 2.59. The summed E-state index contributed by atoms with van der Waals surface area (Å²) in [7, 11) is 2.82. The molecule has 0 heterocycles. The van der Waals surface area contributed by atoms with Crippen molar-refractivity contribution >= 4 is 17.8 Å². The second kappa shape index (κ2) is 9.59. The molecule has 7 nitrogen and oxygen atoms in total. The zero-order chi connectivity index (χ0) is 19.0. The van der Waals surface area contributed by atoms with Gasteiger partial charge in [-0.15, -0.1) is 0 Å². The van der Waals surface area contributed by atoms with E-state index in [0.717, 1.165) is 37.0 Å². The van der Waals surface area contributed by atoms with Crippen molar-refractivity contribution < 1.29 is 27.6 Å². The fraction of sp³-hybridized carbons (Fsp3) is 0.800. The number of hydrogen-bond acceptors (Lipinski definition) is 4. The van der Waals surface area contributed by atoms with E-state index in [2.05, 4.69) is 5.32 Å². The molecule has 0 radical (unpaired) electrons. The number of carbonyl (C=O) groups excluding carboxylic acids is 3. The minimum Gasteiger partial charge on any atom is -0.348 e. The van der Waals surface area contributed by atoms with Crippen molar-refractivity contribution in [3.05, 3.63) is 0 Å². The zero-order valence-electron chi connectivity index (χ0n) is 14.5. The molecule has 1 aliphatic carbocycles. The highest BCUT2D eigenvalue weighted by atomic mass is 19.4. The van der Waals surface area contributed by atoms with Crippen LogP contribution in [0.3, 0.4) is 0 Å². The summed E-state index contributed by atoms with van der Waals surface area (Å²) >= 11 is 0. The molecule has 0 unspecified atom stereocenters. The molecule has 0 bridgehead atoms. The number of nitrogens with zero attached hydrogens (tertiary/aromatic N) is 2. The molecule has 0 aromatic rings. The molecule has 1 fully saturated rings. The number of rotatable bonds is 6. The van der Waals surface area contributed by atoms with Gasteiger partial charge in [0.15, 0.2) is 0 Å². The van der Waals surface area contributed by atoms with Crippen LogP contribution in [0.1, 0.15) is 32.1 Å². The van der Waals surface area contributed by atoms with E-state index in [-0.39, 0.29) is 6.04 Å². The van der Waals surface area contributed by atoms with Crippen molar-refractivity contribution in [2.75, 3.05) is 33.7 Å². The first-order valence-electron chi connectivity index (χ1n) is 8.16. The van der Waals surface area contributed by atoms with Gasteiger partial charge in [-0.2, -0.15) is 13.2 Å². The third-order valence-corrected chi connectivity index (χ3v) is 3.82. The van der Waals surface area contributed by atoms with Gasteiger partial charge in [-0.25, -0.2) is 4.79 Å². The molecule has 144 valence electrons. The first-order chi connectivity index (χ1) is 11.6. The highest BCUT2D eigenvalue weighted by Crippen LogP contribution is 2.17. The lowest BCUT2D eigenvalue weighted by molar-refractivity contribution is -0.152. The van der Waals surface area contributed by atoms with Gasteiger partial charge >= 0.3 is 12.2 Å². The lowest BCUT2D eigenvalue weighted by atomic mass is 9.96. The number of likely N-dealkylation sites (N-methyl/N-ethyl adjacent to an activating group) is 1. The van der Waals surface area contributed by atoms with E-state index in [1.165, 1.54) is 14.1 Å². The number of urea groups is 1. The number of halogens is 3. The molecular weight excluding hydrogens is 341 g/mol. The second-order valence-electron chi connectivity index (χ2n) is 6.41. The van der Waals surface area contributed by atoms with Crippen LogP contribution in [-0.4, -0.2) is 73.6 Å². The molecule has 10 heteroatoms. The molecule has 1 rings (SSSR count). The Morgan fingerprint density at radius 1 is 1.04 bits per heavy atom. The number of imide groups is 1. The predicted molar refractivity (Wildman–Crippen MR) is 84.7 cm³/mol. The minimum atomic E-state index is -4.56. The van der Waals surface area contributed by atoms with Crippen LogP contribution < -0.4 is 10.6 Å². The van der Waals surface area contributed by atoms with Crippen LogP contribution in [0.2, 0.25) is 0 Å². The van der Waals surface area contributed by atoms with E-state index in [1.807, 2.05) is 5.32 Å². The van der Waals surface area contributed by atoms with Gasteiger partial charge in [0.2, 0.25) is 11.8 Å². The van der Waals surface area contributed by atoms with Crippen molar-refractivity contribution in [3.8, 4) is 0 Å². The molecule has 0 spiro atoms. The van der Waals surface area contributed by atoms with Crippen molar-refractivity contribution in [2.24, 2.45) is 0 Å². The van der Waals surface area contributed by atoms with Crippen LogP contribution in [0.5, 0.6) is 0 Å². The van der Waals surface area contributed by atoms with Gasteiger partial charge in [0.25, 0.3) is 0 Å². The van der Waals surface area contributed by atoms with Gasteiger partial charge in [0.1, 0.15) is 0 Å². The molecule has 0 aromatic heterocycles. The van der Waals surface area contributed by atoms with Gasteiger partial charge in [0.05, 0.1) is 19.6 Å². The van der Waals surface area contributed by atoms with E-state index in [0.29, 0.717) is 4.90 Å². The van der Waals surface area contributed by atoms with E-state index < -0.39 is 43.7 Å². The van der Waals surface area contributed by atoms with E-state index in [9.17, 15) is 27.6 Å². The molecule has 25 heavy (non-hydrogen) atoms. The minimum absolute atomic E-state index is 0.0249. The van der Waals surface area contributed by atoms with Crippen LogP contribution in [-0.2, 0) is 9.59 Å². The Morgan fingerprint density at radius 2 is 1.64 bits per heavy atom. The third-order valence-electron chi connectivity index (χ3n) is 3.82. The highest BCUT2D eigenvalue weighted by Gasteiger charge is 2.32. The maximum Gasteiger partial charge on any atom is 0.401 e. The Morgan fingerprint density at radius 3 is 2.16 bits per heavy atom. The van der Waals surface area contributed by atoms with Crippen molar-refractivity contribution in [1.82, 2.24) is 20.4 Å². The maximum absolute atomic E-state index is 12.6. The predicted octanol–water partition coefficient (Wildman–Crippen LogP) is 1.10. The normalized spacial score (nSPS) is 15.8. The number of nitrogens with one attached hydrogen (secondary N) is 2. The van der Waals surface area contributed by atoms with Crippen LogP contribution in [0, 0.1) is 0 Å². The molecule has 0 atom stereocenters. The van der Waals surface area contributed by atoms with Gasteiger partial charge in [-0.1, -0.05) is 19.3 Å². The van der Waals surface area contributed by atoms with Gasteiger partial charge in [-0.05, 0) is 12.8 Å². The summed E-state index contributed by atoms with van der Waals surface area (Å²) < 4.78 is 37.8. The summed E-state index contributed by atoms with van der Waals surface area (Å²) in [6, 6.07) is -0.744. The lowest BCUT2D eigenvalue weighted by Crippen LogP contribution is -2.50. The average Bonchev–Trinajstić information content (AvgIpc) is 2.45. The van der Waals surface area contributed by atoms with Crippen molar-refractivity contribution in [1.29, 1.82) is 0 Å². The number of amides is 4. The van der Waals surface area contributed by atoms with Crippen LogP contribution >= 0.6 is 0 Å². The topological polar surface area (TPSA) is 81.8 Å². The molecular formula is C15H25F3N4O3. The smallest absolute Gasteiger partial charge is 0.348 e. The molecule has 2 N–H and O–H groups in total. The monoisotopic (exact) mass is 366 g/mol. The van der Waals surface area contributed by atoms with Crippen molar-refractivity contribution in [2.45, 2.75) is 44.3 Å². The van der Waals surface area contributed by atoms with Crippen LogP contribution in [0.4, 0.5) is 18.0 Å². The summed E-state index contributed by atoms with van der Waals surface area (Å²) in [6.07, 6.45) is 0.163. The molecule has 0 saturated heterocycles. The number of hydrogen-bond donors (Lipinski definition) is 2. The average molecular weight is 366 g/mol. The molecule has 1 aliphatic rings. The molecule has 0 aromatic carbocycles. The van der Waals surface area contributed by atoms with Crippen LogP contribution in [0.15, 0.2) is 0 Å². The third kappa shape index (κ3) is 9.28. The van der Waals surface area contributed by atoms with Gasteiger partial charge in [-0.3, -0.25) is 19.8 Å². The van der Waals surface area contributed by atoms with E-state index >= 15 is 0 Å². The Balaban J connectivity index is 2.51. The lowest BCUT2D eigenvalue weighted by Gasteiger charge is -2.25. The maximum atomic E-state index is 12.6. The fourth-order valence-electron chi connectivity index (χ4n) is 2.59. The molecule has 0 aliphatic heterocycles.